The van der Waals surface area contributed by atoms with E-state index >= 15 is 0 Å². The van der Waals surface area contributed by atoms with Gasteiger partial charge in [-0.25, -0.2) is 18.7 Å². The first-order chi connectivity index (χ1) is 9.01. The molecule has 0 spiro atoms. The SMILES string of the molecule is Cc1nc(Cc2ccc(F)cc2F)nc(N)c1C#N. The number of hydrogen-bond acceptors (Lipinski definition) is 4. The van der Waals surface area contributed by atoms with E-state index in [0.717, 1.165) is 12.1 Å². The van der Waals surface area contributed by atoms with E-state index in [1.165, 1.54) is 6.07 Å². The van der Waals surface area contributed by atoms with Crippen LogP contribution in [0.15, 0.2) is 18.2 Å². The summed E-state index contributed by atoms with van der Waals surface area (Å²) in [6, 6.07) is 5.20. The van der Waals surface area contributed by atoms with E-state index in [9.17, 15) is 8.78 Å². The lowest BCUT2D eigenvalue weighted by molar-refractivity contribution is 0.573. The minimum Gasteiger partial charge on any atom is -0.382 e. The molecule has 0 aliphatic heterocycles. The minimum atomic E-state index is -0.663. The average molecular weight is 260 g/mol. The Bertz CT molecular complexity index is 654. The summed E-state index contributed by atoms with van der Waals surface area (Å²) in [4.78, 5) is 8.04. The molecule has 96 valence electrons. The van der Waals surface area contributed by atoms with E-state index in [1.54, 1.807) is 6.92 Å². The van der Waals surface area contributed by atoms with Gasteiger partial charge in [0.2, 0.25) is 0 Å². The molecule has 1 aromatic carbocycles. The van der Waals surface area contributed by atoms with Gasteiger partial charge in [0.1, 0.15) is 34.9 Å². The van der Waals surface area contributed by atoms with Crippen LogP contribution in [0.5, 0.6) is 0 Å². The summed E-state index contributed by atoms with van der Waals surface area (Å²) in [5.41, 5.74) is 6.54. The van der Waals surface area contributed by atoms with Crippen LogP contribution in [0.1, 0.15) is 22.6 Å². The maximum absolute atomic E-state index is 13.5. The number of nitriles is 1. The van der Waals surface area contributed by atoms with Crippen LogP contribution in [0.2, 0.25) is 0 Å². The predicted octanol–water partition coefficient (Wildman–Crippen LogP) is 2.11. The second-order valence-electron chi connectivity index (χ2n) is 4.01. The van der Waals surface area contributed by atoms with Crippen molar-refractivity contribution in [1.29, 1.82) is 5.26 Å². The highest BCUT2D eigenvalue weighted by Crippen LogP contribution is 2.16. The third-order valence-electron chi connectivity index (χ3n) is 2.64. The van der Waals surface area contributed by atoms with Crippen molar-refractivity contribution in [3.05, 3.63) is 52.5 Å². The number of nitrogens with two attached hydrogens (primary N) is 1. The van der Waals surface area contributed by atoms with Gasteiger partial charge in [0.25, 0.3) is 0 Å². The Morgan fingerprint density at radius 1 is 1.32 bits per heavy atom. The number of aryl methyl sites for hydroxylation is 1. The number of aromatic nitrogens is 2. The van der Waals surface area contributed by atoms with E-state index < -0.39 is 11.6 Å². The van der Waals surface area contributed by atoms with Crippen molar-refractivity contribution in [2.24, 2.45) is 0 Å². The van der Waals surface area contributed by atoms with Crippen LogP contribution in [-0.4, -0.2) is 9.97 Å². The Morgan fingerprint density at radius 2 is 2.05 bits per heavy atom. The Balaban J connectivity index is 2.37. The second-order valence-corrected chi connectivity index (χ2v) is 4.01. The molecule has 2 N–H and O–H groups in total. The molecule has 0 unspecified atom stereocenters. The highest BCUT2D eigenvalue weighted by atomic mass is 19.1. The molecule has 1 heterocycles. The summed E-state index contributed by atoms with van der Waals surface area (Å²) in [5.74, 6) is -0.950. The van der Waals surface area contributed by atoms with Gasteiger partial charge >= 0.3 is 0 Å². The van der Waals surface area contributed by atoms with Gasteiger partial charge in [0, 0.05) is 12.5 Å². The fourth-order valence-corrected chi connectivity index (χ4v) is 1.71. The molecule has 0 fully saturated rings. The van der Waals surface area contributed by atoms with Gasteiger partial charge in [-0.1, -0.05) is 6.07 Å². The van der Waals surface area contributed by atoms with Crippen molar-refractivity contribution >= 4 is 5.82 Å². The molecule has 0 saturated heterocycles. The highest BCUT2D eigenvalue weighted by Gasteiger charge is 2.11. The van der Waals surface area contributed by atoms with Gasteiger partial charge in [0.15, 0.2) is 0 Å². The Morgan fingerprint density at radius 3 is 2.63 bits per heavy atom. The smallest absolute Gasteiger partial charge is 0.145 e. The van der Waals surface area contributed by atoms with E-state index in [1.807, 2.05) is 6.07 Å². The van der Waals surface area contributed by atoms with E-state index in [2.05, 4.69) is 9.97 Å². The third kappa shape index (κ3) is 2.65. The fraction of sp³-hybridized carbons (Fsp3) is 0.154. The number of nitrogen functional groups attached to an aromatic ring is 1. The maximum atomic E-state index is 13.5. The molecule has 0 atom stereocenters. The topological polar surface area (TPSA) is 75.6 Å². The fourth-order valence-electron chi connectivity index (χ4n) is 1.71. The van der Waals surface area contributed by atoms with Crippen LogP contribution in [0, 0.1) is 29.9 Å². The summed E-state index contributed by atoms with van der Waals surface area (Å²) in [5, 5.41) is 8.84. The monoisotopic (exact) mass is 260 g/mol. The molecule has 19 heavy (non-hydrogen) atoms. The van der Waals surface area contributed by atoms with Crippen molar-refractivity contribution in [1.82, 2.24) is 9.97 Å². The molecule has 0 aliphatic carbocycles. The molecule has 6 heteroatoms. The maximum Gasteiger partial charge on any atom is 0.145 e. The number of halogens is 2. The minimum absolute atomic E-state index is 0.0625. The number of rotatable bonds is 2. The van der Waals surface area contributed by atoms with Gasteiger partial charge in [0.05, 0.1) is 5.69 Å². The molecule has 2 aromatic rings. The lowest BCUT2D eigenvalue weighted by atomic mass is 10.1. The molecular weight excluding hydrogens is 250 g/mol. The highest BCUT2D eigenvalue weighted by molar-refractivity contribution is 5.50. The molecule has 1 aromatic heterocycles. The normalized spacial score (nSPS) is 10.2. The molecule has 0 bridgehead atoms. The number of hydrogen-bond donors (Lipinski definition) is 1. The number of benzene rings is 1. The van der Waals surface area contributed by atoms with Crippen molar-refractivity contribution < 1.29 is 8.78 Å². The zero-order chi connectivity index (χ0) is 14.0. The molecule has 0 radical (unpaired) electrons. The number of nitrogens with zero attached hydrogens (tertiary/aromatic N) is 3. The Labute approximate surface area is 108 Å². The van der Waals surface area contributed by atoms with Gasteiger partial charge < -0.3 is 5.73 Å². The van der Waals surface area contributed by atoms with Crippen LogP contribution in [-0.2, 0) is 6.42 Å². The summed E-state index contributed by atoms with van der Waals surface area (Å²) in [6.07, 6.45) is 0.0862. The Hall–Kier alpha value is -2.55. The molecule has 0 saturated carbocycles. The van der Waals surface area contributed by atoms with Gasteiger partial charge in [-0.3, -0.25) is 0 Å². The molecule has 0 amide bonds. The van der Waals surface area contributed by atoms with Crippen molar-refractivity contribution in [3.8, 4) is 6.07 Å². The van der Waals surface area contributed by atoms with Gasteiger partial charge in [-0.15, -0.1) is 0 Å². The zero-order valence-corrected chi connectivity index (χ0v) is 10.1. The zero-order valence-electron chi connectivity index (χ0n) is 10.1. The van der Waals surface area contributed by atoms with Crippen LogP contribution < -0.4 is 5.73 Å². The van der Waals surface area contributed by atoms with Crippen molar-refractivity contribution in [2.45, 2.75) is 13.3 Å². The summed E-state index contributed by atoms with van der Waals surface area (Å²) in [7, 11) is 0. The van der Waals surface area contributed by atoms with E-state index in [-0.39, 0.29) is 23.4 Å². The Kier molecular flexibility index (Phi) is 3.38. The molecule has 2 rings (SSSR count). The molecule has 0 aliphatic rings. The second kappa shape index (κ2) is 4.98. The predicted molar refractivity (Wildman–Crippen MR) is 65.1 cm³/mol. The molecule has 4 nitrogen and oxygen atoms in total. The first kappa shape index (κ1) is 12.9. The number of anilines is 1. The lowest BCUT2D eigenvalue weighted by Gasteiger charge is -2.06. The molecular formula is C13H10F2N4. The van der Waals surface area contributed by atoms with Crippen molar-refractivity contribution in [3.63, 3.8) is 0 Å². The van der Waals surface area contributed by atoms with Crippen LogP contribution in [0.4, 0.5) is 14.6 Å². The van der Waals surface area contributed by atoms with Gasteiger partial charge in [-0.05, 0) is 18.6 Å². The van der Waals surface area contributed by atoms with Crippen LogP contribution in [0.3, 0.4) is 0 Å². The first-order valence-electron chi connectivity index (χ1n) is 5.48. The van der Waals surface area contributed by atoms with E-state index in [4.69, 9.17) is 11.0 Å². The summed E-state index contributed by atoms with van der Waals surface area (Å²) >= 11 is 0. The van der Waals surface area contributed by atoms with E-state index in [0.29, 0.717) is 11.5 Å². The van der Waals surface area contributed by atoms with Crippen molar-refractivity contribution in [2.75, 3.05) is 5.73 Å². The van der Waals surface area contributed by atoms with Crippen LogP contribution in [0.25, 0.3) is 0 Å². The summed E-state index contributed by atoms with van der Waals surface area (Å²) < 4.78 is 26.3. The standard InChI is InChI=1S/C13H10F2N4/c1-7-10(6-16)13(17)19-12(18-7)4-8-2-3-9(14)5-11(8)15/h2-3,5H,4H2,1H3,(H2,17,18,19). The quantitative estimate of drug-likeness (QED) is 0.897. The largest absolute Gasteiger partial charge is 0.382 e. The van der Waals surface area contributed by atoms with Gasteiger partial charge in [-0.2, -0.15) is 5.26 Å². The third-order valence-corrected chi connectivity index (χ3v) is 2.64. The van der Waals surface area contributed by atoms with Crippen LogP contribution >= 0.6 is 0 Å². The average Bonchev–Trinajstić information content (AvgIpc) is 2.32. The first-order valence-corrected chi connectivity index (χ1v) is 5.48. The summed E-state index contributed by atoms with van der Waals surface area (Å²) in [6.45, 7) is 1.63. The lowest BCUT2D eigenvalue weighted by Crippen LogP contribution is -2.07.